The smallest absolute Gasteiger partial charge is 0.221 e. The van der Waals surface area contributed by atoms with Crippen LogP contribution in [0.3, 0.4) is 0 Å². The average Bonchev–Trinajstić information content (AvgIpc) is 3.12. The molecule has 0 bridgehead atoms. The summed E-state index contributed by atoms with van der Waals surface area (Å²) >= 11 is 0. The lowest BCUT2D eigenvalue weighted by molar-refractivity contribution is -0.173. The van der Waals surface area contributed by atoms with Crippen molar-refractivity contribution >= 4 is 15.7 Å². The maximum Gasteiger partial charge on any atom is 0.416 e. The largest absolute Gasteiger partial charge is 0.416 e. The standard InChI is InChI=1S/C17H14F6N4O2S/c1-2-27(30(28,29)13-7-8-26-14(9-13)24-10-25-26)15(17(21,22)23)11-3-5-12(6-4-11)16(18,19)20/h3-10,15H,2H2,1H3. The quantitative estimate of drug-likeness (QED) is 0.548. The van der Waals surface area contributed by atoms with Gasteiger partial charge in [0.15, 0.2) is 5.65 Å². The van der Waals surface area contributed by atoms with Crippen LogP contribution < -0.4 is 0 Å². The van der Waals surface area contributed by atoms with Crippen LogP contribution in [-0.2, 0) is 16.2 Å². The van der Waals surface area contributed by atoms with E-state index in [1.54, 1.807) is 0 Å². The molecular formula is C17H14F6N4O2S. The number of nitrogens with zero attached hydrogens (tertiary/aromatic N) is 4. The third kappa shape index (κ3) is 4.12. The molecule has 6 nitrogen and oxygen atoms in total. The number of sulfonamides is 1. The van der Waals surface area contributed by atoms with Crippen molar-refractivity contribution in [1.29, 1.82) is 0 Å². The van der Waals surface area contributed by atoms with Gasteiger partial charge in [-0.05, 0) is 23.8 Å². The highest BCUT2D eigenvalue weighted by atomic mass is 32.2. The van der Waals surface area contributed by atoms with Crippen molar-refractivity contribution in [1.82, 2.24) is 18.9 Å². The van der Waals surface area contributed by atoms with Gasteiger partial charge in [0.2, 0.25) is 10.0 Å². The second kappa shape index (κ2) is 7.54. The summed E-state index contributed by atoms with van der Waals surface area (Å²) in [5.41, 5.74) is -1.68. The van der Waals surface area contributed by atoms with Gasteiger partial charge in [-0.2, -0.15) is 35.7 Å². The van der Waals surface area contributed by atoms with Gasteiger partial charge in [-0.1, -0.05) is 19.1 Å². The summed E-state index contributed by atoms with van der Waals surface area (Å²) in [5.74, 6) is 0. The summed E-state index contributed by atoms with van der Waals surface area (Å²) < 4.78 is 107. The Morgan fingerprint density at radius 3 is 2.23 bits per heavy atom. The zero-order valence-corrected chi connectivity index (χ0v) is 16.0. The molecule has 1 atom stereocenters. The molecule has 0 amide bonds. The van der Waals surface area contributed by atoms with Crippen LogP contribution in [0.1, 0.15) is 24.1 Å². The Morgan fingerprint density at radius 1 is 1.07 bits per heavy atom. The van der Waals surface area contributed by atoms with E-state index in [0.29, 0.717) is 24.3 Å². The highest BCUT2D eigenvalue weighted by Gasteiger charge is 2.49. The molecule has 30 heavy (non-hydrogen) atoms. The minimum absolute atomic E-state index is 0.102. The molecule has 0 saturated carbocycles. The number of hydrogen-bond acceptors (Lipinski definition) is 4. The minimum atomic E-state index is -5.08. The normalized spacial score (nSPS) is 14.4. The van der Waals surface area contributed by atoms with Crippen LogP contribution in [-0.4, -0.2) is 40.0 Å². The van der Waals surface area contributed by atoms with E-state index in [1.165, 1.54) is 17.6 Å². The third-order valence-corrected chi connectivity index (χ3v) is 6.26. The Kier molecular flexibility index (Phi) is 5.54. The SMILES string of the molecule is CCN(C(c1ccc(C(F)(F)F)cc1)C(F)(F)F)S(=O)(=O)c1ccn2ncnc2c1. The Labute approximate surface area is 166 Å². The van der Waals surface area contributed by atoms with E-state index in [9.17, 15) is 34.8 Å². The van der Waals surface area contributed by atoms with Gasteiger partial charge in [0.25, 0.3) is 0 Å². The summed E-state index contributed by atoms with van der Waals surface area (Å²) in [5, 5.41) is 3.78. The van der Waals surface area contributed by atoms with Crippen LogP contribution >= 0.6 is 0 Å². The molecule has 2 heterocycles. The van der Waals surface area contributed by atoms with E-state index in [1.807, 2.05) is 0 Å². The molecule has 0 aliphatic rings. The molecule has 0 N–H and O–H groups in total. The molecular weight excluding hydrogens is 438 g/mol. The van der Waals surface area contributed by atoms with Crippen LogP contribution in [0.2, 0.25) is 0 Å². The van der Waals surface area contributed by atoms with Crippen LogP contribution in [0.4, 0.5) is 26.3 Å². The predicted molar refractivity (Wildman–Crippen MR) is 92.8 cm³/mol. The number of fused-ring (bicyclic) bond motifs is 1. The molecule has 3 rings (SSSR count). The Morgan fingerprint density at radius 2 is 1.70 bits per heavy atom. The summed E-state index contributed by atoms with van der Waals surface area (Å²) in [4.78, 5) is 3.35. The average molecular weight is 452 g/mol. The predicted octanol–water partition coefficient (Wildman–Crippen LogP) is 4.06. The van der Waals surface area contributed by atoms with Crippen molar-refractivity contribution in [3.63, 3.8) is 0 Å². The fourth-order valence-electron chi connectivity index (χ4n) is 2.96. The van der Waals surface area contributed by atoms with E-state index in [2.05, 4.69) is 10.1 Å². The second-order valence-corrected chi connectivity index (χ2v) is 8.09. The third-order valence-electron chi connectivity index (χ3n) is 4.32. The van der Waals surface area contributed by atoms with E-state index in [0.717, 1.165) is 18.5 Å². The topological polar surface area (TPSA) is 67.6 Å². The second-order valence-electron chi connectivity index (χ2n) is 6.20. The van der Waals surface area contributed by atoms with Crippen LogP contribution in [0.15, 0.2) is 53.8 Å². The number of pyridine rings is 1. The molecule has 0 fully saturated rings. The van der Waals surface area contributed by atoms with E-state index >= 15 is 0 Å². The number of alkyl halides is 6. The summed E-state index contributed by atoms with van der Waals surface area (Å²) in [6.45, 7) is 0.626. The molecule has 0 spiro atoms. The Hall–Kier alpha value is -2.67. The summed E-state index contributed by atoms with van der Waals surface area (Å²) in [6.07, 6.45) is -7.45. The first-order chi connectivity index (χ1) is 13.9. The highest BCUT2D eigenvalue weighted by molar-refractivity contribution is 7.89. The van der Waals surface area contributed by atoms with Gasteiger partial charge in [-0.15, -0.1) is 0 Å². The van der Waals surface area contributed by atoms with Crippen molar-refractivity contribution < 1.29 is 34.8 Å². The first-order valence-corrected chi connectivity index (χ1v) is 9.85. The van der Waals surface area contributed by atoms with Crippen molar-refractivity contribution in [3.8, 4) is 0 Å². The zero-order chi connectivity index (χ0) is 22.3. The van der Waals surface area contributed by atoms with Crippen LogP contribution in [0.25, 0.3) is 5.65 Å². The maximum atomic E-state index is 13.9. The minimum Gasteiger partial charge on any atom is -0.221 e. The molecule has 1 unspecified atom stereocenters. The number of halogens is 6. The Balaban J connectivity index is 2.09. The molecule has 13 heteroatoms. The number of rotatable bonds is 5. The van der Waals surface area contributed by atoms with Crippen molar-refractivity contribution in [2.45, 2.75) is 30.2 Å². The van der Waals surface area contributed by atoms with E-state index in [-0.39, 0.29) is 9.95 Å². The lowest BCUT2D eigenvalue weighted by Crippen LogP contribution is -2.42. The van der Waals surface area contributed by atoms with Gasteiger partial charge in [0, 0.05) is 18.8 Å². The molecule has 0 aliphatic heterocycles. The molecule has 162 valence electrons. The summed E-state index contributed by atoms with van der Waals surface area (Å²) in [6, 6.07) is 1.67. The van der Waals surface area contributed by atoms with E-state index in [4.69, 9.17) is 0 Å². The molecule has 0 saturated heterocycles. The molecule has 1 aromatic carbocycles. The van der Waals surface area contributed by atoms with Gasteiger partial charge in [-0.25, -0.2) is 17.9 Å². The van der Waals surface area contributed by atoms with Crippen molar-refractivity contribution in [2.24, 2.45) is 0 Å². The van der Waals surface area contributed by atoms with Crippen LogP contribution in [0.5, 0.6) is 0 Å². The highest BCUT2D eigenvalue weighted by Crippen LogP contribution is 2.41. The monoisotopic (exact) mass is 452 g/mol. The summed E-state index contributed by atoms with van der Waals surface area (Å²) in [7, 11) is -4.68. The first-order valence-electron chi connectivity index (χ1n) is 8.41. The fourth-order valence-corrected chi connectivity index (χ4v) is 4.57. The van der Waals surface area contributed by atoms with Gasteiger partial charge in [0.1, 0.15) is 12.4 Å². The molecule has 0 aliphatic carbocycles. The van der Waals surface area contributed by atoms with Crippen molar-refractivity contribution in [3.05, 3.63) is 60.0 Å². The van der Waals surface area contributed by atoms with E-state index < -0.39 is 51.0 Å². The molecule has 3 aromatic rings. The number of aromatic nitrogens is 3. The van der Waals surface area contributed by atoms with Crippen LogP contribution in [0, 0.1) is 0 Å². The zero-order valence-electron chi connectivity index (χ0n) is 15.2. The maximum absolute atomic E-state index is 13.9. The van der Waals surface area contributed by atoms with Gasteiger partial charge < -0.3 is 0 Å². The fraction of sp³-hybridized carbons (Fsp3) is 0.294. The van der Waals surface area contributed by atoms with Gasteiger partial charge in [-0.3, -0.25) is 0 Å². The van der Waals surface area contributed by atoms with Gasteiger partial charge in [0.05, 0.1) is 10.5 Å². The first kappa shape index (κ1) is 22.0. The molecule has 2 aromatic heterocycles. The molecule has 0 radical (unpaired) electrons. The Bertz CT molecular complexity index is 1140. The number of hydrogen-bond donors (Lipinski definition) is 0. The number of benzene rings is 1. The van der Waals surface area contributed by atoms with Gasteiger partial charge >= 0.3 is 12.4 Å². The lowest BCUT2D eigenvalue weighted by atomic mass is 10.0. The van der Waals surface area contributed by atoms with Crippen molar-refractivity contribution in [2.75, 3.05) is 6.54 Å². The lowest BCUT2D eigenvalue weighted by Gasteiger charge is -2.32.